The Kier molecular flexibility index (Phi) is 4.38. The molecule has 0 aromatic heterocycles. The van der Waals surface area contributed by atoms with Crippen molar-refractivity contribution in [1.82, 2.24) is 10.3 Å². The smallest absolute Gasteiger partial charge is 0.247 e. The van der Waals surface area contributed by atoms with Crippen LogP contribution in [0.25, 0.3) is 0 Å². The van der Waals surface area contributed by atoms with E-state index < -0.39 is 17.7 Å². The topological polar surface area (TPSA) is 44.7 Å². The maximum absolute atomic E-state index is 13.4. The van der Waals surface area contributed by atoms with Gasteiger partial charge in [-0.25, -0.2) is 13.8 Å². The van der Waals surface area contributed by atoms with Gasteiger partial charge in [-0.15, -0.1) is 12.4 Å². The molecule has 3 atom stereocenters. The third-order valence-electron chi connectivity index (χ3n) is 5.04. The number of hydrogen-bond donors (Lipinski definition) is 1. The molecule has 4 rings (SSSR count). The predicted octanol–water partition coefficient (Wildman–Crippen LogP) is 2.50. The molecule has 2 aliphatic heterocycles. The summed E-state index contributed by atoms with van der Waals surface area (Å²) in [5, 5.41) is 8.92. The molecule has 1 aliphatic carbocycles. The number of carbonyl (C=O) groups excluding carboxylic acids is 1. The fourth-order valence-electron chi connectivity index (χ4n) is 3.97. The Morgan fingerprint density at radius 1 is 1.17 bits per heavy atom. The summed E-state index contributed by atoms with van der Waals surface area (Å²) in [4.78, 5) is 12.8. The van der Waals surface area contributed by atoms with Gasteiger partial charge in [-0.3, -0.25) is 4.79 Å². The Morgan fingerprint density at radius 2 is 1.83 bits per heavy atom. The SMILES string of the molecule is Cl.O=C(C1C2CNCC1C2)N1N=CCC1c1cc(F)cc(F)c1. The van der Waals surface area contributed by atoms with E-state index in [2.05, 4.69) is 10.4 Å². The fourth-order valence-corrected chi connectivity index (χ4v) is 3.97. The molecule has 7 heteroatoms. The first-order valence-electron chi connectivity index (χ1n) is 7.65. The maximum atomic E-state index is 13.4. The quantitative estimate of drug-likeness (QED) is 0.898. The van der Waals surface area contributed by atoms with Crippen LogP contribution in [0.2, 0.25) is 0 Å². The zero-order valence-electron chi connectivity index (χ0n) is 12.4. The predicted molar refractivity (Wildman–Crippen MR) is 84.3 cm³/mol. The molecule has 0 radical (unpaired) electrons. The highest BCUT2D eigenvalue weighted by Crippen LogP contribution is 2.45. The van der Waals surface area contributed by atoms with Crippen LogP contribution in [0.1, 0.15) is 24.4 Å². The second kappa shape index (κ2) is 6.17. The second-order valence-corrected chi connectivity index (χ2v) is 6.38. The van der Waals surface area contributed by atoms with E-state index in [4.69, 9.17) is 0 Å². The van der Waals surface area contributed by atoms with Gasteiger partial charge < -0.3 is 5.32 Å². The highest BCUT2D eigenvalue weighted by Gasteiger charge is 2.50. The summed E-state index contributed by atoms with van der Waals surface area (Å²) in [6.45, 7) is 1.73. The average Bonchev–Trinajstić information content (AvgIpc) is 2.96. The molecule has 0 spiro atoms. The molecule has 1 aromatic rings. The molecular formula is C16H18ClF2N3O. The molecule has 4 nitrogen and oxygen atoms in total. The minimum absolute atomic E-state index is 0. The third-order valence-corrected chi connectivity index (χ3v) is 5.04. The van der Waals surface area contributed by atoms with Crippen LogP contribution in [0.4, 0.5) is 8.78 Å². The summed E-state index contributed by atoms with van der Waals surface area (Å²) >= 11 is 0. The van der Waals surface area contributed by atoms with Crippen LogP contribution in [0.15, 0.2) is 23.3 Å². The van der Waals surface area contributed by atoms with E-state index in [0.29, 0.717) is 23.8 Å². The van der Waals surface area contributed by atoms with Crippen molar-refractivity contribution in [2.24, 2.45) is 22.9 Å². The van der Waals surface area contributed by atoms with Gasteiger partial charge in [0.15, 0.2) is 0 Å². The Labute approximate surface area is 139 Å². The lowest BCUT2D eigenvalue weighted by Crippen LogP contribution is -2.58. The fraction of sp³-hybridized carbons (Fsp3) is 0.500. The van der Waals surface area contributed by atoms with Gasteiger partial charge in [0.05, 0.1) is 6.04 Å². The highest BCUT2D eigenvalue weighted by atomic mass is 35.5. The lowest BCUT2D eigenvalue weighted by molar-refractivity contribution is -0.149. The molecule has 1 saturated carbocycles. The normalized spacial score (nSPS) is 31.5. The van der Waals surface area contributed by atoms with E-state index in [1.54, 1.807) is 6.21 Å². The van der Waals surface area contributed by atoms with Crippen LogP contribution in [-0.4, -0.2) is 30.2 Å². The van der Waals surface area contributed by atoms with E-state index in [9.17, 15) is 13.6 Å². The van der Waals surface area contributed by atoms with E-state index in [1.807, 2.05) is 0 Å². The summed E-state index contributed by atoms with van der Waals surface area (Å²) in [7, 11) is 0. The number of hydrazone groups is 1. The van der Waals surface area contributed by atoms with Gasteiger partial charge in [0.1, 0.15) is 11.6 Å². The van der Waals surface area contributed by atoms with E-state index in [-0.39, 0.29) is 24.2 Å². The van der Waals surface area contributed by atoms with Crippen LogP contribution in [0.5, 0.6) is 0 Å². The van der Waals surface area contributed by atoms with Crippen LogP contribution < -0.4 is 5.32 Å². The number of nitrogens with one attached hydrogen (secondary N) is 1. The molecule has 1 aromatic carbocycles. The summed E-state index contributed by atoms with van der Waals surface area (Å²) in [6.07, 6.45) is 3.23. The van der Waals surface area contributed by atoms with Gasteiger partial charge in [0.25, 0.3) is 0 Å². The number of amides is 1. The van der Waals surface area contributed by atoms with Crippen molar-refractivity contribution >= 4 is 24.5 Å². The standard InChI is InChI=1S/C16H17F2N3O.ClH/c17-12-4-9(5-13(18)6-12)14-1-2-20-21(14)16(22)15-10-3-11(15)8-19-7-10;/h2,4-6,10-11,14-15,19H,1,3,7-8H2;1H. The summed E-state index contributed by atoms with van der Waals surface area (Å²) in [5.41, 5.74) is 0.464. The van der Waals surface area contributed by atoms with Crippen molar-refractivity contribution in [1.29, 1.82) is 0 Å². The second-order valence-electron chi connectivity index (χ2n) is 6.38. The number of carbonyl (C=O) groups is 1. The molecule has 23 heavy (non-hydrogen) atoms. The minimum atomic E-state index is -0.626. The number of benzene rings is 1. The van der Waals surface area contributed by atoms with Crippen LogP contribution >= 0.6 is 12.4 Å². The number of rotatable bonds is 2. The van der Waals surface area contributed by atoms with Gasteiger partial charge in [0, 0.05) is 24.6 Å². The third kappa shape index (κ3) is 2.74. The van der Waals surface area contributed by atoms with Crippen molar-refractivity contribution in [3.8, 4) is 0 Å². The largest absolute Gasteiger partial charge is 0.316 e. The first-order chi connectivity index (χ1) is 10.6. The molecule has 1 saturated heterocycles. The first kappa shape index (κ1) is 16.3. The van der Waals surface area contributed by atoms with Crippen molar-refractivity contribution < 1.29 is 13.6 Å². The number of hydrogen-bond acceptors (Lipinski definition) is 3. The number of piperidine rings is 2. The molecule has 124 valence electrons. The lowest BCUT2D eigenvalue weighted by Gasteiger charge is -2.49. The van der Waals surface area contributed by atoms with Gasteiger partial charge >= 0.3 is 0 Å². The number of nitrogens with zero attached hydrogens (tertiary/aromatic N) is 2. The van der Waals surface area contributed by atoms with Crippen LogP contribution in [0, 0.1) is 29.4 Å². The van der Waals surface area contributed by atoms with Crippen LogP contribution in [-0.2, 0) is 4.79 Å². The van der Waals surface area contributed by atoms with E-state index in [1.165, 1.54) is 17.1 Å². The lowest BCUT2D eigenvalue weighted by atomic mass is 9.61. The van der Waals surface area contributed by atoms with Gasteiger partial charge in [-0.05, 0) is 49.0 Å². The van der Waals surface area contributed by atoms with Gasteiger partial charge in [-0.2, -0.15) is 5.10 Å². The maximum Gasteiger partial charge on any atom is 0.247 e. The van der Waals surface area contributed by atoms with Crippen molar-refractivity contribution in [3.63, 3.8) is 0 Å². The zero-order valence-corrected chi connectivity index (χ0v) is 13.2. The van der Waals surface area contributed by atoms with E-state index >= 15 is 0 Å². The van der Waals surface area contributed by atoms with E-state index in [0.717, 1.165) is 25.6 Å². The Morgan fingerprint density at radius 3 is 2.43 bits per heavy atom. The highest BCUT2D eigenvalue weighted by molar-refractivity contribution is 5.85. The summed E-state index contributed by atoms with van der Waals surface area (Å²) in [5.74, 6) is -0.527. The van der Waals surface area contributed by atoms with Gasteiger partial charge in [-0.1, -0.05) is 0 Å². The Balaban J connectivity index is 0.00000156. The Bertz CT molecular complexity index is 620. The molecule has 3 unspecified atom stereocenters. The van der Waals surface area contributed by atoms with Crippen molar-refractivity contribution in [3.05, 3.63) is 35.4 Å². The number of fused-ring (bicyclic) bond motifs is 2. The van der Waals surface area contributed by atoms with Gasteiger partial charge in [0.2, 0.25) is 5.91 Å². The molecule has 3 aliphatic rings. The average molecular weight is 342 g/mol. The first-order valence-corrected chi connectivity index (χ1v) is 7.65. The molecule has 2 fully saturated rings. The molecule has 2 bridgehead atoms. The Hall–Kier alpha value is -1.53. The van der Waals surface area contributed by atoms with Crippen molar-refractivity contribution in [2.75, 3.05) is 13.1 Å². The van der Waals surface area contributed by atoms with Crippen molar-refractivity contribution in [2.45, 2.75) is 18.9 Å². The monoisotopic (exact) mass is 341 g/mol. The molecule has 1 N–H and O–H groups in total. The zero-order chi connectivity index (χ0) is 15.3. The summed E-state index contributed by atoms with van der Waals surface area (Å²) in [6, 6.07) is 3.01. The number of halogens is 3. The molecule has 1 amide bonds. The molecule has 2 heterocycles. The minimum Gasteiger partial charge on any atom is -0.316 e. The summed E-state index contributed by atoms with van der Waals surface area (Å²) < 4.78 is 26.9. The van der Waals surface area contributed by atoms with Crippen LogP contribution in [0.3, 0.4) is 0 Å². The molecular weight excluding hydrogens is 324 g/mol.